The van der Waals surface area contributed by atoms with Crippen LogP contribution in [0.15, 0.2) is 79.1 Å². The lowest BCUT2D eigenvalue weighted by atomic mass is 9.91. The van der Waals surface area contributed by atoms with Gasteiger partial charge < -0.3 is 29.7 Å². The molecule has 5 aromatic rings. The van der Waals surface area contributed by atoms with Crippen molar-refractivity contribution in [3.8, 4) is 33.6 Å². The van der Waals surface area contributed by atoms with Crippen molar-refractivity contribution in [2.24, 2.45) is 11.8 Å². The number of hydrogen-bond acceptors (Lipinski definition) is 8. The summed E-state index contributed by atoms with van der Waals surface area (Å²) in [6, 6.07) is 21.5. The van der Waals surface area contributed by atoms with Crippen LogP contribution in [-0.4, -0.2) is 75.5 Å². The van der Waals surface area contributed by atoms with Crippen molar-refractivity contribution in [3.05, 3.63) is 102 Å². The second-order valence-electron chi connectivity index (χ2n) is 15.4. The van der Waals surface area contributed by atoms with Crippen molar-refractivity contribution >= 4 is 29.6 Å². The van der Waals surface area contributed by atoms with Gasteiger partial charge in [0.15, 0.2) is 0 Å². The van der Waals surface area contributed by atoms with Crippen LogP contribution in [0.2, 0.25) is 0 Å². The zero-order chi connectivity index (χ0) is 39.8. The van der Waals surface area contributed by atoms with E-state index in [4.69, 9.17) is 19.4 Å². The Morgan fingerprint density at radius 3 is 2.00 bits per heavy atom. The molecule has 3 aliphatic rings. The molecule has 2 aromatic heterocycles. The maximum Gasteiger partial charge on any atom is 0.407 e. The molecule has 3 amide bonds. The van der Waals surface area contributed by atoms with Crippen molar-refractivity contribution in [1.82, 2.24) is 30.2 Å². The summed E-state index contributed by atoms with van der Waals surface area (Å²) in [6.07, 6.45) is 6.52. The summed E-state index contributed by atoms with van der Waals surface area (Å²) in [5.41, 5.74) is 8.87. The number of carbonyl (C=O) groups is 4. The monoisotopic (exact) mass is 769 g/mol. The van der Waals surface area contributed by atoms with Gasteiger partial charge in [0.2, 0.25) is 11.8 Å². The quantitative estimate of drug-likeness (QED) is 0.129. The number of H-pyrrole nitrogens is 2. The molecule has 57 heavy (non-hydrogen) atoms. The van der Waals surface area contributed by atoms with Crippen LogP contribution in [-0.2, 0) is 36.7 Å². The van der Waals surface area contributed by atoms with Crippen LogP contribution in [0.25, 0.3) is 33.6 Å². The maximum atomic E-state index is 13.9. The van der Waals surface area contributed by atoms with E-state index < -0.39 is 18.1 Å². The van der Waals surface area contributed by atoms with Crippen molar-refractivity contribution in [1.29, 1.82) is 0 Å². The lowest BCUT2D eigenvalue weighted by Crippen LogP contribution is -2.48. The Bertz CT molecular complexity index is 2300. The Labute approximate surface area is 331 Å². The number of aromatic nitrogens is 4. The Morgan fingerprint density at radius 1 is 0.807 bits per heavy atom. The largest absolute Gasteiger partial charge is 0.469 e. The van der Waals surface area contributed by atoms with Gasteiger partial charge in [-0.15, -0.1) is 0 Å². The molecule has 13 nitrogen and oxygen atoms in total. The number of nitrogens with one attached hydrogen (secondary N) is 3. The van der Waals surface area contributed by atoms with Crippen LogP contribution in [0.3, 0.4) is 0 Å². The number of aryl methyl sites for hydroxylation is 1. The first-order valence-corrected chi connectivity index (χ1v) is 19.6. The Kier molecular flexibility index (Phi) is 10.4. The van der Waals surface area contributed by atoms with Crippen LogP contribution in [0, 0.1) is 11.8 Å². The molecule has 0 bridgehead atoms. The van der Waals surface area contributed by atoms with Crippen molar-refractivity contribution in [2.75, 3.05) is 25.7 Å². The van der Waals surface area contributed by atoms with Gasteiger partial charge in [0.25, 0.3) is 0 Å². The molecule has 8 rings (SSSR count). The molecule has 1 saturated heterocycles. The molecule has 0 radical (unpaired) electrons. The van der Waals surface area contributed by atoms with E-state index >= 15 is 0 Å². The van der Waals surface area contributed by atoms with Crippen molar-refractivity contribution in [2.45, 2.75) is 70.5 Å². The maximum absolute atomic E-state index is 13.9. The molecule has 294 valence electrons. The van der Waals surface area contributed by atoms with Gasteiger partial charge >= 0.3 is 12.1 Å². The first kappa shape index (κ1) is 37.7. The molecular formula is C44H47N7O6. The summed E-state index contributed by atoms with van der Waals surface area (Å²) in [6.45, 7) is 4.56. The van der Waals surface area contributed by atoms with Crippen LogP contribution >= 0.6 is 0 Å². The van der Waals surface area contributed by atoms with Gasteiger partial charge in [-0.25, -0.2) is 14.8 Å². The number of esters is 1. The first-order chi connectivity index (χ1) is 27.6. The van der Waals surface area contributed by atoms with E-state index in [1.54, 1.807) is 11.1 Å². The third-order valence-electron chi connectivity index (χ3n) is 11.7. The van der Waals surface area contributed by atoms with Crippen LogP contribution in [0.4, 0.5) is 10.5 Å². The number of nitrogens with zero attached hydrogens (tertiary/aromatic N) is 4. The number of alkyl carbamates (subject to hydrolysis) is 1. The van der Waals surface area contributed by atoms with E-state index in [0.29, 0.717) is 31.6 Å². The summed E-state index contributed by atoms with van der Waals surface area (Å²) >= 11 is 0. The molecule has 3 aromatic carbocycles. The van der Waals surface area contributed by atoms with E-state index in [9.17, 15) is 19.2 Å². The van der Waals surface area contributed by atoms with Crippen LogP contribution in [0.5, 0.6) is 0 Å². The fourth-order valence-electron chi connectivity index (χ4n) is 8.57. The number of para-hydroxylation sites is 1. The molecule has 3 aliphatic heterocycles. The van der Waals surface area contributed by atoms with E-state index in [2.05, 4.69) is 69.9 Å². The molecular weight excluding hydrogens is 723 g/mol. The summed E-state index contributed by atoms with van der Waals surface area (Å²) < 4.78 is 9.68. The zero-order valence-corrected chi connectivity index (χ0v) is 32.6. The number of anilines is 1. The number of methoxy groups -OCH3 is 2. The number of aromatic amines is 2. The summed E-state index contributed by atoms with van der Waals surface area (Å²) in [7, 11) is 2.65. The number of hydrogen-bond donors (Lipinski definition) is 3. The molecule has 0 unspecified atom stereocenters. The van der Waals surface area contributed by atoms with E-state index in [1.165, 1.54) is 14.2 Å². The van der Waals surface area contributed by atoms with E-state index in [1.807, 2.05) is 37.1 Å². The minimum absolute atomic E-state index is 0.00364. The third kappa shape index (κ3) is 7.29. The number of likely N-dealkylation sites (tertiary alicyclic amines) is 1. The highest BCUT2D eigenvalue weighted by Crippen LogP contribution is 2.45. The minimum atomic E-state index is -0.699. The van der Waals surface area contributed by atoms with E-state index in [-0.39, 0.29) is 42.2 Å². The molecule has 3 N–H and O–H groups in total. The second kappa shape index (κ2) is 15.7. The Morgan fingerprint density at radius 2 is 1.40 bits per heavy atom. The lowest BCUT2D eigenvalue weighted by molar-refractivity contribution is -0.148. The standard InChI is InChI=1S/C44H47N7O6/c1-25(2)32(22-38(52)56-3)42(53)50-20-6-9-36(50)40-45-23-34(47-40)28-14-10-26(11-15-28)27-12-16-29(17-13-27)35-24-46-41(48-35)37-21-31-8-5-7-30-18-19-33(49-44(55)57-4)43(54)51(37)39(30)31/h5,7-8,10-17,23-25,32-33,36-37H,6,9,18-22H2,1-4H3,(H,45,47)(H,46,48)(H,49,55)/t32-,33-,36-,37-/m0/s1. The average Bonchev–Trinajstić information content (AvgIpc) is 4.06. The molecule has 0 spiro atoms. The number of benzene rings is 3. The van der Waals surface area contributed by atoms with Gasteiger partial charge in [0.1, 0.15) is 17.7 Å². The van der Waals surface area contributed by atoms with Crippen molar-refractivity contribution in [3.63, 3.8) is 0 Å². The number of amides is 3. The Balaban J connectivity index is 0.951. The van der Waals surface area contributed by atoms with Gasteiger partial charge in [-0.3, -0.25) is 19.3 Å². The molecule has 0 aliphatic carbocycles. The molecule has 5 heterocycles. The lowest BCUT2D eigenvalue weighted by Gasteiger charge is -2.29. The van der Waals surface area contributed by atoms with Gasteiger partial charge in [-0.1, -0.05) is 80.6 Å². The predicted molar refractivity (Wildman–Crippen MR) is 214 cm³/mol. The highest BCUT2D eigenvalue weighted by molar-refractivity contribution is 6.02. The highest BCUT2D eigenvalue weighted by atomic mass is 16.5. The summed E-state index contributed by atoms with van der Waals surface area (Å²) in [5, 5.41) is 2.73. The predicted octanol–water partition coefficient (Wildman–Crippen LogP) is 6.93. The smallest absolute Gasteiger partial charge is 0.407 e. The van der Waals surface area contributed by atoms with Gasteiger partial charge in [-0.2, -0.15) is 0 Å². The fourth-order valence-corrected chi connectivity index (χ4v) is 8.57. The zero-order valence-electron chi connectivity index (χ0n) is 32.6. The molecule has 4 atom stereocenters. The number of ether oxygens (including phenoxy) is 2. The first-order valence-electron chi connectivity index (χ1n) is 19.6. The molecule has 13 heteroatoms. The normalized spacial score (nSPS) is 19.3. The molecule has 1 fully saturated rings. The third-order valence-corrected chi connectivity index (χ3v) is 11.7. The van der Waals surface area contributed by atoms with Crippen LogP contribution in [0.1, 0.15) is 74.4 Å². The highest BCUT2D eigenvalue weighted by Gasteiger charge is 2.43. The van der Waals surface area contributed by atoms with Crippen molar-refractivity contribution < 1.29 is 28.7 Å². The fraction of sp³-hybridized carbons (Fsp3) is 0.364. The summed E-state index contributed by atoms with van der Waals surface area (Å²) in [5.74, 6) is 0.420. The number of carbonyl (C=O) groups excluding carboxylic acids is 4. The average molecular weight is 770 g/mol. The second-order valence-corrected chi connectivity index (χ2v) is 15.4. The topological polar surface area (TPSA) is 163 Å². The van der Waals surface area contributed by atoms with Gasteiger partial charge in [-0.05, 0) is 65.0 Å². The number of rotatable bonds is 10. The minimum Gasteiger partial charge on any atom is -0.469 e. The van der Waals surface area contributed by atoms with Gasteiger partial charge in [0.05, 0.1) is 68.1 Å². The van der Waals surface area contributed by atoms with Crippen LogP contribution < -0.4 is 10.2 Å². The Hall–Kier alpha value is -6.24. The SMILES string of the molecule is COC(=O)C[C@H](C(=O)N1CCC[C@H]1c1ncc(-c2ccc(-c3ccc(-c4cnc([C@@H]5Cc6cccc7c6N5C(=O)[C@@H](NC(=O)OC)CC7)[nH]4)cc3)cc2)[nH]1)C(C)C. The molecule has 0 saturated carbocycles. The van der Waals surface area contributed by atoms with Gasteiger partial charge in [0, 0.05) is 13.0 Å². The number of imidazole rings is 2. The summed E-state index contributed by atoms with van der Waals surface area (Å²) in [4.78, 5) is 71.8. The van der Waals surface area contributed by atoms with E-state index in [0.717, 1.165) is 69.1 Å².